The van der Waals surface area contributed by atoms with E-state index in [0.29, 0.717) is 5.92 Å². The number of hydrogen-bond donors (Lipinski definition) is 0. The second kappa shape index (κ2) is 12.6. The number of nitrogens with zero attached hydrogens (tertiary/aromatic N) is 2. The summed E-state index contributed by atoms with van der Waals surface area (Å²) in [5, 5.41) is 9.19. The number of fused-ring (bicyclic) bond motifs is 12. The normalized spacial score (nSPS) is 14.2. The Labute approximate surface area is 349 Å². The van der Waals surface area contributed by atoms with Gasteiger partial charge in [-0.3, -0.25) is 0 Å². The number of rotatable bonds is 4. The summed E-state index contributed by atoms with van der Waals surface area (Å²) in [4.78, 5) is 0. The first-order chi connectivity index (χ1) is 29.1. The molecule has 278 valence electrons. The molecule has 1 unspecified atom stereocenters. The summed E-state index contributed by atoms with van der Waals surface area (Å²) >= 11 is 3.76. The number of benzene rings is 8. The fourth-order valence-corrected chi connectivity index (χ4v) is 12.1. The smallest absolute Gasteiger partial charge is 0.0541 e. The van der Waals surface area contributed by atoms with Crippen molar-refractivity contribution in [2.24, 2.45) is 0 Å². The summed E-state index contributed by atoms with van der Waals surface area (Å²) in [6.07, 6.45) is 5.76. The summed E-state index contributed by atoms with van der Waals surface area (Å²) in [6.45, 7) is 2.36. The second-order valence-corrected chi connectivity index (χ2v) is 18.3. The van der Waals surface area contributed by atoms with Crippen molar-refractivity contribution in [3.63, 3.8) is 0 Å². The zero-order valence-corrected chi connectivity index (χ0v) is 33.9. The van der Waals surface area contributed by atoms with Gasteiger partial charge in [-0.2, -0.15) is 0 Å². The van der Waals surface area contributed by atoms with Crippen LogP contribution >= 0.6 is 22.7 Å². The lowest BCUT2D eigenvalue weighted by Crippen LogP contribution is -2.02. The van der Waals surface area contributed by atoms with Crippen molar-refractivity contribution in [2.45, 2.75) is 19.3 Å². The number of hydrogen-bond acceptors (Lipinski definition) is 2. The maximum absolute atomic E-state index is 2.48. The fourth-order valence-electron chi connectivity index (χ4n) is 9.97. The Bertz CT molecular complexity index is 3660. The van der Waals surface area contributed by atoms with Crippen LogP contribution in [0.15, 0.2) is 176 Å². The highest BCUT2D eigenvalue weighted by atomic mass is 32.1. The average Bonchev–Trinajstić information content (AvgIpc) is 4.03. The van der Waals surface area contributed by atoms with Crippen molar-refractivity contribution in [1.29, 1.82) is 0 Å². The fraction of sp³-hybridized carbons (Fsp3) is 0.0545. The van der Waals surface area contributed by atoms with Crippen LogP contribution in [0, 0.1) is 0 Å². The van der Waals surface area contributed by atoms with Crippen LogP contribution in [0.3, 0.4) is 0 Å². The van der Waals surface area contributed by atoms with Gasteiger partial charge >= 0.3 is 0 Å². The number of aromatic nitrogens is 2. The number of para-hydroxylation sites is 3. The van der Waals surface area contributed by atoms with E-state index in [1.165, 1.54) is 118 Å². The molecule has 0 saturated carbocycles. The molecule has 12 aromatic rings. The third-order valence-corrected chi connectivity index (χ3v) is 15.1. The quantitative estimate of drug-likeness (QED) is 0.168. The topological polar surface area (TPSA) is 9.86 Å². The largest absolute Gasteiger partial charge is 0.310 e. The van der Waals surface area contributed by atoms with Gasteiger partial charge in [-0.25, -0.2) is 0 Å². The molecule has 0 saturated heterocycles. The minimum atomic E-state index is 0.505. The van der Waals surface area contributed by atoms with Crippen LogP contribution in [0.1, 0.15) is 30.5 Å². The molecule has 1 aliphatic carbocycles. The molecule has 59 heavy (non-hydrogen) atoms. The molecule has 0 N–H and O–H groups in total. The molecule has 0 fully saturated rings. The van der Waals surface area contributed by atoms with Gasteiger partial charge in [0.05, 0.1) is 16.6 Å². The van der Waals surface area contributed by atoms with Crippen molar-refractivity contribution in [1.82, 2.24) is 9.13 Å². The summed E-state index contributed by atoms with van der Waals surface area (Å²) in [6, 6.07) is 63.5. The maximum Gasteiger partial charge on any atom is 0.0541 e. The van der Waals surface area contributed by atoms with Crippen LogP contribution in [0.4, 0.5) is 0 Å². The van der Waals surface area contributed by atoms with Crippen LogP contribution in [0.5, 0.6) is 0 Å². The molecule has 1 atom stereocenters. The van der Waals surface area contributed by atoms with Crippen molar-refractivity contribution < 1.29 is 0 Å². The monoisotopic (exact) mass is 788 g/mol. The third-order valence-electron chi connectivity index (χ3n) is 12.8. The van der Waals surface area contributed by atoms with Gasteiger partial charge in [-0.05, 0) is 125 Å². The molecule has 13 rings (SSSR count). The highest BCUT2D eigenvalue weighted by molar-refractivity contribution is 7.26. The lowest BCUT2D eigenvalue weighted by Gasteiger charge is -2.17. The molecule has 8 aromatic carbocycles. The highest BCUT2D eigenvalue weighted by Gasteiger charge is 2.23. The van der Waals surface area contributed by atoms with Crippen molar-refractivity contribution in [2.75, 3.05) is 0 Å². The minimum absolute atomic E-state index is 0.505. The predicted molar refractivity (Wildman–Crippen MR) is 256 cm³/mol. The maximum atomic E-state index is 2.48. The number of thiophene rings is 2. The highest BCUT2D eigenvalue weighted by Crippen LogP contribution is 2.43. The van der Waals surface area contributed by atoms with Crippen LogP contribution in [-0.2, 0) is 0 Å². The van der Waals surface area contributed by atoms with Crippen molar-refractivity contribution in [3.8, 4) is 33.6 Å². The molecular formula is C55H36N2S2. The minimum Gasteiger partial charge on any atom is -0.310 e. The molecule has 4 heterocycles. The van der Waals surface area contributed by atoms with E-state index in [4.69, 9.17) is 0 Å². The molecule has 1 aliphatic rings. The van der Waals surface area contributed by atoms with Gasteiger partial charge < -0.3 is 9.13 Å². The molecular weight excluding hydrogens is 753 g/mol. The van der Waals surface area contributed by atoms with Gasteiger partial charge in [0.15, 0.2) is 0 Å². The molecule has 0 aliphatic heterocycles. The van der Waals surface area contributed by atoms with Crippen LogP contribution in [0.2, 0.25) is 0 Å². The Hall–Kier alpha value is -6.72. The van der Waals surface area contributed by atoms with E-state index < -0.39 is 0 Å². The Balaban J connectivity index is 0.869. The molecule has 4 heteroatoms. The lowest BCUT2D eigenvalue weighted by molar-refractivity contribution is 0.773. The Kier molecular flexibility index (Phi) is 7.13. The van der Waals surface area contributed by atoms with Crippen molar-refractivity contribution >= 4 is 102 Å². The van der Waals surface area contributed by atoms with Gasteiger partial charge in [-0.1, -0.05) is 104 Å². The summed E-state index contributed by atoms with van der Waals surface area (Å²) in [5.41, 5.74) is 13.9. The predicted octanol–water partition coefficient (Wildman–Crippen LogP) is 16.3. The van der Waals surface area contributed by atoms with E-state index in [-0.39, 0.29) is 0 Å². The number of allylic oxidation sites excluding steroid dienone is 1. The summed E-state index contributed by atoms with van der Waals surface area (Å²) in [5.74, 6) is 0.505. The first kappa shape index (κ1) is 33.3. The van der Waals surface area contributed by atoms with E-state index in [1.54, 1.807) is 0 Å². The lowest BCUT2D eigenvalue weighted by atomic mass is 9.91. The SMILES string of the molecule is CC1CC=Cc2c1c1ccccc1n2-c1ccc2sc3ccc(-c4ccc(-c5ccc6sc7ccc(-n8c9ccccc9c9ccccc98)cc7c6c5)cc4)cc3c2c1. The van der Waals surface area contributed by atoms with Gasteiger partial charge in [0.2, 0.25) is 0 Å². The van der Waals surface area contributed by atoms with E-state index in [9.17, 15) is 0 Å². The average molecular weight is 789 g/mol. The van der Waals surface area contributed by atoms with Crippen LogP contribution < -0.4 is 0 Å². The van der Waals surface area contributed by atoms with Crippen LogP contribution in [0.25, 0.3) is 113 Å². The van der Waals surface area contributed by atoms with Gasteiger partial charge in [0.25, 0.3) is 0 Å². The molecule has 2 nitrogen and oxygen atoms in total. The Morgan fingerprint density at radius 1 is 0.407 bits per heavy atom. The van der Waals surface area contributed by atoms with Gasteiger partial charge in [-0.15, -0.1) is 22.7 Å². The van der Waals surface area contributed by atoms with Crippen LogP contribution in [-0.4, -0.2) is 9.13 Å². The first-order valence-corrected chi connectivity index (χ1v) is 22.1. The van der Waals surface area contributed by atoms with Gasteiger partial charge in [0, 0.05) is 73.6 Å². The molecule has 0 amide bonds. The zero-order valence-electron chi connectivity index (χ0n) is 32.3. The summed E-state index contributed by atoms with van der Waals surface area (Å²) in [7, 11) is 0. The van der Waals surface area contributed by atoms with Crippen molar-refractivity contribution in [3.05, 3.63) is 187 Å². The Morgan fingerprint density at radius 3 is 1.37 bits per heavy atom. The van der Waals surface area contributed by atoms with E-state index in [0.717, 1.165) is 6.42 Å². The van der Waals surface area contributed by atoms with E-state index in [1.807, 2.05) is 22.7 Å². The second-order valence-electron chi connectivity index (χ2n) is 16.1. The van der Waals surface area contributed by atoms with E-state index in [2.05, 4.69) is 198 Å². The molecule has 0 bridgehead atoms. The Morgan fingerprint density at radius 2 is 0.831 bits per heavy atom. The zero-order chi connectivity index (χ0) is 38.8. The van der Waals surface area contributed by atoms with E-state index >= 15 is 0 Å². The summed E-state index contributed by atoms with van der Waals surface area (Å²) < 4.78 is 10.2. The molecule has 0 spiro atoms. The molecule has 4 aromatic heterocycles. The van der Waals surface area contributed by atoms with Gasteiger partial charge in [0.1, 0.15) is 0 Å². The standard InChI is InChI=1S/C55H36N2S2/c1-33-9-8-16-50-55(33)42-12-4-7-15-49(42)57(50)39-24-28-54-46(32-39)44-30-37(22-26-52(44)59-54)35-19-17-34(18-20-35)36-21-25-51-43(29-36)45-31-38(23-27-53(45)58-51)56-47-13-5-2-10-40(47)41-11-3-6-14-48(41)56/h2-8,10-33H,9H2,1H3. The third kappa shape index (κ3) is 4.97. The first-order valence-electron chi connectivity index (χ1n) is 20.5. The molecule has 0 radical (unpaired) electrons.